The van der Waals surface area contributed by atoms with E-state index < -0.39 is 0 Å². The molecule has 4 rings (SSSR count). The van der Waals surface area contributed by atoms with Gasteiger partial charge in [-0.15, -0.1) is 5.10 Å². The van der Waals surface area contributed by atoms with Crippen LogP contribution < -0.4 is 19.7 Å². The lowest BCUT2D eigenvalue weighted by Gasteiger charge is -2.41. The van der Waals surface area contributed by atoms with Crippen molar-refractivity contribution in [1.82, 2.24) is 20.0 Å². The third-order valence-corrected chi connectivity index (χ3v) is 9.12. The normalized spacial score (nSPS) is 16.7. The van der Waals surface area contributed by atoms with Crippen LogP contribution in [0.25, 0.3) is 0 Å². The van der Waals surface area contributed by atoms with Crippen molar-refractivity contribution >= 4 is 23.2 Å². The maximum Gasteiger partial charge on any atom is 0.251 e. The molecule has 0 unspecified atom stereocenters. The molecule has 1 aliphatic rings. The third-order valence-electron chi connectivity index (χ3n) is 8.90. The lowest BCUT2D eigenvalue weighted by molar-refractivity contribution is 0.0950. The molecule has 1 saturated carbocycles. The van der Waals surface area contributed by atoms with Gasteiger partial charge in [-0.3, -0.25) is 14.4 Å². The van der Waals surface area contributed by atoms with E-state index in [-0.39, 0.29) is 5.91 Å². The molecular weight excluding hydrogens is 578 g/mol. The number of carbonyl (C=O) groups excluding carboxylic acids is 1. The first kappa shape index (κ1) is 33.6. The Morgan fingerprint density at radius 3 is 2.50 bits per heavy atom. The number of hydrogen-bond donors (Lipinski definition) is 1. The van der Waals surface area contributed by atoms with Gasteiger partial charge in [0.2, 0.25) is 5.88 Å². The van der Waals surface area contributed by atoms with E-state index in [1.165, 1.54) is 5.56 Å². The van der Waals surface area contributed by atoms with E-state index in [1.807, 2.05) is 33.0 Å². The maximum absolute atomic E-state index is 13.4. The van der Waals surface area contributed by atoms with Gasteiger partial charge in [0.05, 0.1) is 25.8 Å². The van der Waals surface area contributed by atoms with Crippen LogP contribution in [0.4, 0.5) is 5.69 Å². The van der Waals surface area contributed by atoms with E-state index in [0.717, 1.165) is 67.0 Å². The van der Waals surface area contributed by atoms with Crippen LogP contribution in [-0.2, 0) is 24.9 Å². The number of halogens is 1. The number of nitrogens with zero attached hydrogens (tertiary/aromatic N) is 4. The van der Waals surface area contributed by atoms with Crippen molar-refractivity contribution in [2.75, 3.05) is 45.9 Å². The molecule has 0 radical (unpaired) electrons. The number of aromatic nitrogens is 2. The van der Waals surface area contributed by atoms with Crippen molar-refractivity contribution in [2.45, 2.75) is 71.6 Å². The summed E-state index contributed by atoms with van der Waals surface area (Å²) in [5, 5.41) is 7.99. The van der Waals surface area contributed by atoms with Crippen molar-refractivity contribution in [3.8, 4) is 11.6 Å². The standard InChI is InChI=1S/C34H48ClN5O4/c1-8-40(28-14-12-27(13-15-28)38(4)22-25-10-9-11-29(18-25)44-17-16-42-6)32-20-26(35)19-30(23(32)2)33(41)36-21-31-24(3)39(5)37-34(31)43-7/h9-11,18-20,27-28H,8,12-17,21-22H2,1-7H3,(H,36,41)/t27-,28-. The molecule has 1 fully saturated rings. The van der Waals surface area contributed by atoms with Crippen LogP contribution in [-0.4, -0.2) is 73.7 Å². The van der Waals surface area contributed by atoms with E-state index in [1.54, 1.807) is 25.0 Å². The van der Waals surface area contributed by atoms with Gasteiger partial charge in [0.1, 0.15) is 12.4 Å². The molecule has 1 aromatic heterocycles. The fraction of sp³-hybridized carbons (Fsp3) is 0.529. The Labute approximate surface area is 267 Å². The summed E-state index contributed by atoms with van der Waals surface area (Å²) in [4.78, 5) is 18.3. The zero-order valence-electron chi connectivity index (χ0n) is 27.3. The van der Waals surface area contributed by atoms with Crippen molar-refractivity contribution in [3.63, 3.8) is 0 Å². The van der Waals surface area contributed by atoms with E-state index >= 15 is 0 Å². The van der Waals surface area contributed by atoms with Crippen LogP contribution in [0.3, 0.4) is 0 Å². The molecule has 0 spiro atoms. The fourth-order valence-electron chi connectivity index (χ4n) is 6.28. The minimum atomic E-state index is -0.161. The number of amides is 1. The lowest BCUT2D eigenvalue weighted by atomic mass is 9.88. The lowest BCUT2D eigenvalue weighted by Crippen LogP contribution is -2.43. The Kier molecular flexibility index (Phi) is 11.9. The van der Waals surface area contributed by atoms with Gasteiger partial charge in [0.15, 0.2) is 0 Å². The summed E-state index contributed by atoms with van der Waals surface area (Å²) < 4.78 is 18.1. The van der Waals surface area contributed by atoms with Crippen molar-refractivity contribution in [1.29, 1.82) is 0 Å². The molecule has 0 atom stereocenters. The fourth-order valence-corrected chi connectivity index (χ4v) is 6.49. The molecule has 1 N–H and O–H groups in total. The van der Waals surface area contributed by atoms with Gasteiger partial charge in [-0.25, -0.2) is 0 Å². The number of ether oxygens (including phenoxy) is 3. The van der Waals surface area contributed by atoms with Gasteiger partial charge in [0, 0.05) is 61.3 Å². The van der Waals surface area contributed by atoms with Gasteiger partial charge in [-0.1, -0.05) is 23.7 Å². The quantitative estimate of drug-likeness (QED) is 0.223. The van der Waals surface area contributed by atoms with Gasteiger partial charge < -0.3 is 24.4 Å². The monoisotopic (exact) mass is 625 g/mol. The molecule has 3 aromatic rings. The first-order chi connectivity index (χ1) is 21.2. The summed E-state index contributed by atoms with van der Waals surface area (Å²) in [6.45, 7) is 9.33. The molecule has 240 valence electrons. The van der Waals surface area contributed by atoms with Crippen LogP contribution in [0, 0.1) is 13.8 Å². The summed E-state index contributed by atoms with van der Waals surface area (Å²) >= 11 is 6.63. The first-order valence-electron chi connectivity index (χ1n) is 15.5. The second kappa shape index (κ2) is 15.6. The predicted octanol–water partition coefficient (Wildman–Crippen LogP) is 5.92. The molecule has 9 nitrogen and oxygen atoms in total. The molecule has 0 saturated heterocycles. The third kappa shape index (κ3) is 8.06. The van der Waals surface area contributed by atoms with Crippen LogP contribution in [0.5, 0.6) is 11.6 Å². The van der Waals surface area contributed by atoms with E-state index in [2.05, 4.69) is 52.4 Å². The Balaban J connectivity index is 1.39. The number of nitrogens with one attached hydrogen (secondary N) is 1. The molecule has 1 heterocycles. The van der Waals surface area contributed by atoms with Gasteiger partial charge in [-0.2, -0.15) is 0 Å². The van der Waals surface area contributed by atoms with E-state index in [9.17, 15) is 4.79 Å². The molecular formula is C34H48ClN5O4. The molecule has 0 bridgehead atoms. The molecule has 0 aliphatic heterocycles. The second-order valence-electron chi connectivity index (χ2n) is 11.6. The highest BCUT2D eigenvalue weighted by Crippen LogP contribution is 2.35. The number of benzene rings is 2. The van der Waals surface area contributed by atoms with Gasteiger partial charge in [-0.05, 0) is 88.9 Å². The zero-order valence-corrected chi connectivity index (χ0v) is 28.0. The highest BCUT2D eigenvalue weighted by Gasteiger charge is 2.29. The minimum absolute atomic E-state index is 0.161. The Morgan fingerprint density at radius 2 is 1.82 bits per heavy atom. The Bertz CT molecular complexity index is 1400. The number of carbonyl (C=O) groups is 1. The predicted molar refractivity (Wildman–Crippen MR) is 176 cm³/mol. The molecule has 10 heteroatoms. The summed E-state index contributed by atoms with van der Waals surface area (Å²) in [5.41, 5.74) is 5.62. The second-order valence-corrected chi connectivity index (χ2v) is 12.1. The molecule has 1 aliphatic carbocycles. The van der Waals surface area contributed by atoms with Crippen molar-refractivity contribution < 1.29 is 19.0 Å². The Hall–Kier alpha value is -3.27. The minimum Gasteiger partial charge on any atom is -0.491 e. The van der Waals surface area contributed by atoms with Gasteiger partial charge >= 0.3 is 0 Å². The number of aryl methyl sites for hydroxylation is 1. The highest BCUT2D eigenvalue weighted by atomic mass is 35.5. The number of anilines is 1. The van der Waals surface area contributed by atoms with Crippen LogP contribution >= 0.6 is 11.6 Å². The van der Waals surface area contributed by atoms with Gasteiger partial charge in [0.25, 0.3) is 5.91 Å². The average molecular weight is 626 g/mol. The summed E-state index contributed by atoms with van der Waals surface area (Å²) in [6, 6.07) is 13.0. The maximum atomic E-state index is 13.4. The van der Waals surface area contributed by atoms with Crippen LogP contribution in [0.15, 0.2) is 36.4 Å². The first-order valence-corrected chi connectivity index (χ1v) is 15.9. The van der Waals surface area contributed by atoms with E-state index in [4.69, 9.17) is 25.8 Å². The molecule has 1 amide bonds. The topological polar surface area (TPSA) is 81.1 Å². The summed E-state index contributed by atoms with van der Waals surface area (Å²) in [5.74, 6) is 1.24. The van der Waals surface area contributed by atoms with Crippen molar-refractivity contribution in [2.24, 2.45) is 7.05 Å². The van der Waals surface area contributed by atoms with Crippen LogP contribution in [0.1, 0.15) is 65.3 Å². The van der Waals surface area contributed by atoms with E-state index in [0.29, 0.717) is 48.3 Å². The molecule has 44 heavy (non-hydrogen) atoms. The summed E-state index contributed by atoms with van der Waals surface area (Å²) in [7, 11) is 7.35. The van der Waals surface area contributed by atoms with Crippen LogP contribution in [0.2, 0.25) is 5.02 Å². The highest BCUT2D eigenvalue weighted by molar-refractivity contribution is 6.31. The average Bonchev–Trinajstić information content (AvgIpc) is 3.30. The Morgan fingerprint density at radius 1 is 1.09 bits per heavy atom. The SMILES string of the molecule is CCN(c1cc(Cl)cc(C(=O)NCc2c(OC)nn(C)c2C)c1C)[C@H]1CC[C@H](N(C)Cc2cccc(OCCOC)c2)CC1. The smallest absolute Gasteiger partial charge is 0.251 e. The largest absolute Gasteiger partial charge is 0.491 e. The van der Waals surface area contributed by atoms with Crippen molar-refractivity contribution in [3.05, 3.63) is 69.4 Å². The number of methoxy groups -OCH3 is 2. The summed E-state index contributed by atoms with van der Waals surface area (Å²) in [6.07, 6.45) is 4.38. The zero-order chi connectivity index (χ0) is 31.8. The number of hydrogen-bond acceptors (Lipinski definition) is 7. The molecule has 2 aromatic carbocycles. The number of rotatable bonds is 14.